The van der Waals surface area contributed by atoms with Gasteiger partial charge in [-0.15, -0.1) is 0 Å². The van der Waals surface area contributed by atoms with Crippen molar-refractivity contribution in [3.8, 4) is 0 Å². The summed E-state index contributed by atoms with van der Waals surface area (Å²) in [5, 5.41) is 2.80. The van der Waals surface area contributed by atoms with Crippen molar-refractivity contribution in [2.45, 2.75) is 0 Å². The smallest absolute Gasteiger partial charge is 0.241 e. The highest BCUT2D eigenvalue weighted by molar-refractivity contribution is 5.80. The number of aromatic nitrogens is 1. The summed E-state index contributed by atoms with van der Waals surface area (Å²) >= 11 is 0. The number of nitrogens with one attached hydrogen (secondary N) is 1. The molecule has 1 heterocycles. The fourth-order valence-electron chi connectivity index (χ4n) is 0.848. The minimum Gasteiger partial charge on any atom is -0.376 e. The molecular formula is C9H12FN3O. The quantitative estimate of drug-likeness (QED) is 0.726. The maximum Gasteiger partial charge on any atom is 0.241 e. The second-order valence-corrected chi connectivity index (χ2v) is 3.01. The second-order valence-electron chi connectivity index (χ2n) is 3.01. The number of halogens is 1. The highest BCUT2D eigenvalue weighted by Crippen LogP contribution is 2.05. The summed E-state index contributed by atoms with van der Waals surface area (Å²) in [6.45, 7) is 0.149. The molecule has 1 rings (SSSR count). The number of rotatable bonds is 3. The van der Waals surface area contributed by atoms with E-state index >= 15 is 0 Å². The number of nitrogens with zero attached hydrogens (tertiary/aromatic N) is 2. The van der Waals surface area contributed by atoms with Gasteiger partial charge in [-0.3, -0.25) is 4.79 Å². The lowest BCUT2D eigenvalue weighted by atomic mass is 10.4. The highest BCUT2D eigenvalue weighted by Gasteiger charge is 2.03. The van der Waals surface area contributed by atoms with E-state index in [4.69, 9.17) is 0 Å². The van der Waals surface area contributed by atoms with Crippen LogP contribution in [0.15, 0.2) is 18.3 Å². The summed E-state index contributed by atoms with van der Waals surface area (Å²) < 4.78 is 12.6. The van der Waals surface area contributed by atoms with Crippen molar-refractivity contribution in [1.82, 2.24) is 9.88 Å². The molecule has 14 heavy (non-hydrogen) atoms. The van der Waals surface area contributed by atoms with Crippen LogP contribution in [0.3, 0.4) is 0 Å². The van der Waals surface area contributed by atoms with Crippen LogP contribution in [-0.2, 0) is 4.79 Å². The van der Waals surface area contributed by atoms with Crippen LogP contribution in [0.4, 0.5) is 10.1 Å². The molecule has 0 bridgehead atoms. The van der Waals surface area contributed by atoms with E-state index in [0.717, 1.165) is 0 Å². The Bertz CT molecular complexity index is 328. The zero-order chi connectivity index (χ0) is 10.6. The third kappa shape index (κ3) is 3.01. The molecule has 0 unspecified atom stereocenters. The molecule has 0 aliphatic heterocycles. The molecule has 76 valence electrons. The number of hydrogen-bond acceptors (Lipinski definition) is 3. The lowest BCUT2D eigenvalue weighted by Crippen LogP contribution is -2.28. The summed E-state index contributed by atoms with van der Waals surface area (Å²) in [7, 11) is 3.33. The van der Waals surface area contributed by atoms with Gasteiger partial charge in [-0.25, -0.2) is 4.98 Å². The lowest BCUT2D eigenvalue weighted by molar-refractivity contribution is -0.126. The molecule has 4 nitrogen and oxygen atoms in total. The summed E-state index contributed by atoms with van der Waals surface area (Å²) in [6.07, 6.45) is 1.35. The summed E-state index contributed by atoms with van der Waals surface area (Å²) in [5.41, 5.74) is 0.549. The first-order chi connectivity index (χ1) is 6.59. The van der Waals surface area contributed by atoms with Crippen LogP contribution in [0.1, 0.15) is 0 Å². The molecule has 0 aromatic carbocycles. The molecule has 1 amide bonds. The van der Waals surface area contributed by atoms with Crippen molar-refractivity contribution in [2.75, 3.05) is 26.0 Å². The van der Waals surface area contributed by atoms with E-state index in [1.807, 2.05) is 0 Å². The lowest BCUT2D eigenvalue weighted by Gasteiger charge is -2.11. The molecule has 1 N–H and O–H groups in total. The number of anilines is 1. The first-order valence-corrected chi connectivity index (χ1v) is 4.15. The maximum absolute atomic E-state index is 12.6. The van der Waals surface area contributed by atoms with E-state index in [2.05, 4.69) is 10.3 Å². The Labute approximate surface area is 81.7 Å². The van der Waals surface area contributed by atoms with Gasteiger partial charge in [0.1, 0.15) is 0 Å². The minimum atomic E-state index is -0.563. The van der Waals surface area contributed by atoms with Gasteiger partial charge in [0.15, 0.2) is 0 Å². The Balaban J connectivity index is 2.50. The largest absolute Gasteiger partial charge is 0.376 e. The summed E-state index contributed by atoms with van der Waals surface area (Å²) in [4.78, 5) is 16.0. The molecule has 1 aromatic rings. The van der Waals surface area contributed by atoms with Gasteiger partial charge in [-0.2, -0.15) is 4.39 Å². The molecule has 1 aromatic heterocycles. The molecule has 0 radical (unpaired) electrons. The first kappa shape index (κ1) is 10.4. The van der Waals surface area contributed by atoms with Gasteiger partial charge >= 0.3 is 0 Å². The number of hydrogen-bond donors (Lipinski definition) is 1. The van der Waals surface area contributed by atoms with E-state index < -0.39 is 5.95 Å². The first-order valence-electron chi connectivity index (χ1n) is 4.15. The van der Waals surface area contributed by atoms with Crippen LogP contribution < -0.4 is 5.32 Å². The van der Waals surface area contributed by atoms with Crippen LogP contribution in [0.5, 0.6) is 0 Å². The fourth-order valence-corrected chi connectivity index (χ4v) is 0.848. The van der Waals surface area contributed by atoms with E-state index in [1.165, 1.54) is 17.2 Å². The molecule has 0 atom stereocenters. The highest BCUT2D eigenvalue weighted by atomic mass is 19.1. The van der Waals surface area contributed by atoms with Crippen LogP contribution in [-0.4, -0.2) is 36.4 Å². The normalized spacial score (nSPS) is 9.64. The van der Waals surface area contributed by atoms with Gasteiger partial charge in [0.2, 0.25) is 11.9 Å². The zero-order valence-corrected chi connectivity index (χ0v) is 8.12. The molecule has 0 aliphatic rings. The monoisotopic (exact) mass is 197 g/mol. The third-order valence-corrected chi connectivity index (χ3v) is 1.67. The molecule has 0 saturated carbocycles. The van der Waals surface area contributed by atoms with Gasteiger partial charge < -0.3 is 10.2 Å². The van der Waals surface area contributed by atoms with Crippen molar-refractivity contribution in [1.29, 1.82) is 0 Å². The van der Waals surface area contributed by atoms with Crippen LogP contribution in [0.25, 0.3) is 0 Å². The summed E-state index contributed by atoms with van der Waals surface area (Å²) in [5.74, 6) is -0.630. The SMILES string of the molecule is CN(C)C(=O)CNc1ccnc(F)c1. The minimum absolute atomic E-state index is 0.0674. The number of pyridine rings is 1. The number of amides is 1. The van der Waals surface area contributed by atoms with Crippen LogP contribution in [0, 0.1) is 5.95 Å². The second kappa shape index (κ2) is 4.55. The molecule has 0 fully saturated rings. The number of likely N-dealkylation sites (N-methyl/N-ethyl adjacent to an activating group) is 1. The molecule has 0 saturated heterocycles. The molecular weight excluding hydrogens is 185 g/mol. The van der Waals surface area contributed by atoms with Crippen molar-refractivity contribution in [2.24, 2.45) is 0 Å². The van der Waals surface area contributed by atoms with Crippen molar-refractivity contribution >= 4 is 11.6 Å². The maximum atomic E-state index is 12.6. The van der Waals surface area contributed by atoms with E-state index in [9.17, 15) is 9.18 Å². The third-order valence-electron chi connectivity index (χ3n) is 1.67. The predicted octanol–water partition coefficient (Wildman–Crippen LogP) is 0.721. The predicted molar refractivity (Wildman–Crippen MR) is 51.4 cm³/mol. The van der Waals surface area contributed by atoms with Gasteiger partial charge in [0.25, 0.3) is 0 Å². The van der Waals surface area contributed by atoms with E-state index in [0.29, 0.717) is 5.69 Å². The molecule has 0 aliphatic carbocycles. The number of carbonyl (C=O) groups excluding carboxylic acids is 1. The topological polar surface area (TPSA) is 45.2 Å². The Kier molecular flexibility index (Phi) is 3.39. The Morgan fingerprint density at radius 1 is 1.64 bits per heavy atom. The Morgan fingerprint density at radius 2 is 2.36 bits per heavy atom. The van der Waals surface area contributed by atoms with Gasteiger partial charge in [0, 0.05) is 32.0 Å². The standard InChI is InChI=1S/C9H12FN3O/c1-13(2)9(14)6-12-7-3-4-11-8(10)5-7/h3-5H,6H2,1-2H3,(H,11,12). The fraction of sp³-hybridized carbons (Fsp3) is 0.333. The van der Waals surface area contributed by atoms with E-state index in [-0.39, 0.29) is 12.5 Å². The van der Waals surface area contributed by atoms with Gasteiger partial charge in [-0.1, -0.05) is 0 Å². The van der Waals surface area contributed by atoms with Gasteiger partial charge in [-0.05, 0) is 6.07 Å². The zero-order valence-electron chi connectivity index (χ0n) is 8.12. The summed E-state index contributed by atoms with van der Waals surface area (Å²) in [6, 6.07) is 2.84. The average Bonchev–Trinajstić information content (AvgIpc) is 2.14. The number of carbonyl (C=O) groups is 1. The Morgan fingerprint density at radius 3 is 2.93 bits per heavy atom. The van der Waals surface area contributed by atoms with Crippen LogP contribution in [0.2, 0.25) is 0 Å². The van der Waals surface area contributed by atoms with Crippen molar-refractivity contribution < 1.29 is 9.18 Å². The molecule has 0 spiro atoms. The molecule has 5 heteroatoms. The van der Waals surface area contributed by atoms with Crippen LogP contribution >= 0.6 is 0 Å². The average molecular weight is 197 g/mol. The van der Waals surface area contributed by atoms with Crippen molar-refractivity contribution in [3.63, 3.8) is 0 Å². The Hall–Kier alpha value is -1.65. The van der Waals surface area contributed by atoms with E-state index in [1.54, 1.807) is 20.2 Å². The van der Waals surface area contributed by atoms with Gasteiger partial charge in [0.05, 0.1) is 6.54 Å². The van der Waals surface area contributed by atoms with Crippen molar-refractivity contribution in [3.05, 3.63) is 24.3 Å².